The van der Waals surface area contributed by atoms with Crippen LogP contribution in [-0.4, -0.2) is 42.9 Å². The summed E-state index contributed by atoms with van der Waals surface area (Å²) in [5, 5.41) is 0. The van der Waals surface area contributed by atoms with E-state index < -0.39 is 11.6 Å². The molecule has 1 fully saturated rings. The number of anilines is 2. The summed E-state index contributed by atoms with van der Waals surface area (Å²) < 4.78 is 0. The van der Waals surface area contributed by atoms with Crippen LogP contribution >= 0.6 is 0 Å². The van der Waals surface area contributed by atoms with E-state index in [1.165, 1.54) is 0 Å². The molecule has 0 N–H and O–H groups in total. The van der Waals surface area contributed by atoms with Gasteiger partial charge in [0.1, 0.15) is 12.6 Å². The second-order valence-corrected chi connectivity index (χ2v) is 8.53. The zero-order valence-electron chi connectivity index (χ0n) is 17.6. The maximum absolute atomic E-state index is 13.6. The Labute approximate surface area is 167 Å². The van der Waals surface area contributed by atoms with Crippen molar-refractivity contribution < 1.29 is 9.59 Å². The summed E-state index contributed by atoms with van der Waals surface area (Å²) in [6.45, 7) is 7.95. The molecule has 2 amide bonds. The van der Waals surface area contributed by atoms with Crippen molar-refractivity contribution in [3.8, 4) is 0 Å². The highest BCUT2D eigenvalue weighted by molar-refractivity contribution is 6.07. The molecule has 1 atom stereocenters. The second kappa shape index (κ2) is 7.30. The smallest absolute Gasteiger partial charge is 0.251 e. The fourth-order valence-corrected chi connectivity index (χ4v) is 3.61. The summed E-state index contributed by atoms with van der Waals surface area (Å²) in [7, 11) is 3.95. The van der Waals surface area contributed by atoms with Crippen LogP contribution in [0, 0.1) is 6.92 Å². The molecule has 3 rings (SSSR count). The first kappa shape index (κ1) is 19.9. The van der Waals surface area contributed by atoms with Gasteiger partial charge in [-0.3, -0.25) is 14.5 Å². The van der Waals surface area contributed by atoms with E-state index in [1.807, 2.05) is 95.2 Å². The maximum Gasteiger partial charge on any atom is 0.251 e. The van der Waals surface area contributed by atoms with Gasteiger partial charge in [-0.2, -0.15) is 0 Å². The Bertz CT molecular complexity index is 881. The van der Waals surface area contributed by atoms with Gasteiger partial charge in [-0.25, -0.2) is 0 Å². The number of hydrogen-bond donors (Lipinski definition) is 0. The Kier molecular flexibility index (Phi) is 5.20. The van der Waals surface area contributed by atoms with Gasteiger partial charge in [0.25, 0.3) is 5.91 Å². The Morgan fingerprint density at radius 2 is 1.57 bits per heavy atom. The van der Waals surface area contributed by atoms with Crippen molar-refractivity contribution in [1.82, 2.24) is 4.90 Å². The van der Waals surface area contributed by atoms with E-state index in [2.05, 4.69) is 0 Å². The Balaban J connectivity index is 2.13. The number of hydrogen-bond acceptors (Lipinski definition) is 3. The van der Waals surface area contributed by atoms with E-state index in [1.54, 1.807) is 9.80 Å². The number of benzene rings is 2. The summed E-state index contributed by atoms with van der Waals surface area (Å²) in [5.41, 5.74) is 3.21. The molecule has 1 aliphatic rings. The lowest BCUT2D eigenvalue weighted by atomic mass is 9.95. The highest BCUT2D eigenvalue weighted by Crippen LogP contribution is 2.36. The monoisotopic (exact) mass is 379 g/mol. The van der Waals surface area contributed by atoms with E-state index in [0.717, 1.165) is 22.5 Å². The molecule has 0 radical (unpaired) electrons. The van der Waals surface area contributed by atoms with Crippen molar-refractivity contribution >= 4 is 23.2 Å². The highest BCUT2D eigenvalue weighted by atomic mass is 16.2. The molecule has 0 saturated carbocycles. The number of aryl methyl sites for hydroxylation is 1. The largest absolute Gasteiger partial charge is 0.378 e. The van der Waals surface area contributed by atoms with Gasteiger partial charge >= 0.3 is 0 Å². The third-order valence-electron chi connectivity index (χ3n) is 5.23. The van der Waals surface area contributed by atoms with Crippen LogP contribution < -0.4 is 9.80 Å². The molecule has 1 heterocycles. The first-order valence-electron chi connectivity index (χ1n) is 9.57. The lowest BCUT2D eigenvalue weighted by molar-refractivity contribution is -0.146. The standard InChI is InChI=1S/C23H29N3O2/c1-16-9-7-8-10-19(16)26-20(27)15-25(23(2,3)4)22(28)21(26)17-11-13-18(14-12-17)24(5)6/h7-14,21H,15H2,1-6H3/t21-/m1/s1. The van der Waals surface area contributed by atoms with Crippen LogP contribution in [0.15, 0.2) is 48.5 Å². The molecule has 148 valence electrons. The number of para-hydroxylation sites is 1. The second-order valence-electron chi connectivity index (χ2n) is 8.53. The third kappa shape index (κ3) is 3.61. The van der Waals surface area contributed by atoms with Crippen LogP contribution in [0.2, 0.25) is 0 Å². The van der Waals surface area contributed by atoms with Gasteiger partial charge in [-0.1, -0.05) is 30.3 Å². The van der Waals surface area contributed by atoms with Gasteiger partial charge in [-0.15, -0.1) is 0 Å². The summed E-state index contributed by atoms with van der Waals surface area (Å²) in [5.74, 6) is -0.113. The molecular formula is C23H29N3O2. The number of rotatable bonds is 3. The van der Waals surface area contributed by atoms with Crippen molar-refractivity contribution in [3.63, 3.8) is 0 Å². The minimum absolute atomic E-state index is 0.0482. The average Bonchev–Trinajstić information content (AvgIpc) is 2.63. The SMILES string of the molecule is Cc1ccccc1N1C(=O)CN(C(C)(C)C)C(=O)[C@H]1c1ccc(N(C)C)cc1. The zero-order valence-corrected chi connectivity index (χ0v) is 17.6. The first-order chi connectivity index (χ1) is 13.1. The molecule has 0 aromatic heterocycles. The van der Waals surface area contributed by atoms with Crippen LogP contribution in [0.25, 0.3) is 0 Å². The van der Waals surface area contributed by atoms with Crippen molar-refractivity contribution in [2.45, 2.75) is 39.3 Å². The summed E-state index contributed by atoms with van der Waals surface area (Å²) in [6, 6.07) is 14.9. The minimum Gasteiger partial charge on any atom is -0.378 e. The molecular weight excluding hydrogens is 350 g/mol. The van der Waals surface area contributed by atoms with Crippen molar-refractivity contribution in [1.29, 1.82) is 0 Å². The van der Waals surface area contributed by atoms with Crippen LogP contribution in [0.4, 0.5) is 11.4 Å². The number of carbonyl (C=O) groups excluding carboxylic acids is 2. The Morgan fingerprint density at radius 3 is 2.11 bits per heavy atom. The predicted octanol–water partition coefficient (Wildman–Crippen LogP) is 3.78. The van der Waals surface area contributed by atoms with E-state index in [-0.39, 0.29) is 18.4 Å². The molecule has 2 aromatic rings. The van der Waals surface area contributed by atoms with Gasteiger partial charge in [0.2, 0.25) is 5.91 Å². The van der Waals surface area contributed by atoms with Crippen LogP contribution in [0.5, 0.6) is 0 Å². The summed E-state index contributed by atoms with van der Waals surface area (Å²) >= 11 is 0. The molecule has 0 spiro atoms. The molecule has 5 heteroatoms. The van der Waals surface area contributed by atoms with Crippen molar-refractivity contribution in [3.05, 3.63) is 59.7 Å². The molecule has 5 nitrogen and oxygen atoms in total. The Hall–Kier alpha value is -2.82. The van der Waals surface area contributed by atoms with Gasteiger partial charge in [0.05, 0.1) is 0 Å². The van der Waals surface area contributed by atoms with Gasteiger partial charge in [-0.05, 0) is 57.0 Å². The number of carbonyl (C=O) groups is 2. The quantitative estimate of drug-likeness (QED) is 0.815. The fraction of sp³-hybridized carbons (Fsp3) is 0.391. The lowest BCUT2D eigenvalue weighted by Crippen LogP contribution is -2.61. The van der Waals surface area contributed by atoms with Gasteiger partial charge in [0, 0.05) is 31.0 Å². The highest BCUT2D eigenvalue weighted by Gasteiger charge is 2.44. The molecule has 0 aliphatic carbocycles. The zero-order chi connectivity index (χ0) is 20.6. The lowest BCUT2D eigenvalue weighted by Gasteiger charge is -2.46. The predicted molar refractivity (Wildman–Crippen MR) is 114 cm³/mol. The molecule has 1 saturated heterocycles. The van der Waals surface area contributed by atoms with E-state index in [0.29, 0.717) is 0 Å². The van der Waals surface area contributed by atoms with E-state index in [4.69, 9.17) is 0 Å². The number of piperazine rings is 1. The van der Waals surface area contributed by atoms with Crippen LogP contribution in [0.3, 0.4) is 0 Å². The fourth-order valence-electron chi connectivity index (χ4n) is 3.61. The molecule has 0 bridgehead atoms. The maximum atomic E-state index is 13.6. The molecule has 28 heavy (non-hydrogen) atoms. The number of amides is 2. The Morgan fingerprint density at radius 1 is 0.964 bits per heavy atom. The summed E-state index contributed by atoms with van der Waals surface area (Å²) in [4.78, 5) is 32.2. The van der Waals surface area contributed by atoms with E-state index >= 15 is 0 Å². The van der Waals surface area contributed by atoms with Crippen LogP contribution in [0.1, 0.15) is 37.9 Å². The first-order valence-corrected chi connectivity index (χ1v) is 9.57. The minimum atomic E-state index is -0.669. The summed E-state index contributed by atoms with van der Waals surface area (Å²) in [6.07, 6.45) is 0. The topological polar surface area (TPSA) is 43.9 Å². The number of nitrogens with zero attached hydrogens (tertiary/aromatic N) is 3. The van der Waals surface area contributed by atoms with Crippen molar-refractivity contribution in [2.75, 3.05) is 30.4 Å². The molecule has 0 unspecified atom stereocenters. The molecule has 1 aliphatic heterocycles. The third-order valence-corrected chi connectivity index (χ3v) is 5.23. The van der Waals surface area contributed by atoms with Gasteiger partial charge in [0.15, 0.2) is 0 Å². The average molecular weight is 380 g/mol. The van der Waals surface area contributed by atoms with Crippen LogP contribution in [-0.2, 0) is 9.59 Å². The normalized spacial score (nSPS) is 17.9. The van der Waals surface area contributed by atoms with E-state index in [9.17, 15) is 9.59 Å². The van der Waals surface area contributed by atoms with Crippen molar-refractivity contribution in [2.24, 2.45) is 0 Å². The van der Waals surface area contributed by atoms with Gasteiger partial charge < -0.3 is 9.80 Å². The molecule has 2 aromatic carbocycles.